The number of carbonyl (C=O) groups is 2. The van der Waals surface area contributed by atoms with Crippen LogP contribution >= 0.6 is 0 Å². The Bertz CT molecular complexity index is 690. The zero-order valence-corrected chi connectivity index (χ0v) is 14.7. The Balaban J connectivity index is 1.56. The van der Waals surface area contributed by atoms with Gasteiger partial charge in [0, 0.05) is 13.1 Å². The number of aryl methyl sites for hydroxylation is 1. The highest BCUT2D eigenvalue weighted by molar-refractivity contribution is 6.06. The van der Waals surface area contributed by atoms with Crippen LogP contribution in [0.5, 0.6) is 0 Å². The van der Waals surface area contributed by atoms with Crippen molar-refractivity contribution in [1.82, 2.24) is 15.5 Å². The second kappa shape index (κ2) is 6.74. The molecule has 1 spiro atoms. The first kappa shape index (κ1) is 17.3. The molecule has 1 saturated heterocycles. The first-order chi connectivity index (χ1) is 11.9. The highest BCUT2D eigenvalue weighted by Gasteiger charge is 2.46. The Labute approximate surface area is 147 Å². The Kier molecular flexibility index (Phi) is 4.65. The van der Waals surface area contributed by atoms with E-state index in [9.17, 15) is 9.59 Å². The Morgan fingerprint density at radius 1 is 1.36 bits per heavy atom. The number of nitrogens with one attached hydrogen (secondary N) is 2. The molecule has 1 aromatic carbocycles. The van der Waals surface area contributed by atoms with Crippen molar-refractivity contribution in [3.05, 3.63) is 35.4 Å². The summed E-state index contributed by atoms with van der Waals surface area (Å²) in [5, 5.41) is 5.58. The number of piperidine rings is 1. The number of likely N-dealkylation sites (tertiary alicyclic amines) is 1. The van der Waals surface area contributed by atoms with E-state index < -0.39 is 5.54 Å². The maximum atomic E-state index is 12.5. The molecule has 0 unspecified atom stereocenters. The van der Waals surface area contributed by atoms with Gasteiger partial charge >= 0.3 is 6.03 Å². The van der Waals surface area contributed by atoms with Crippen LogP contribution in [0.15, 0.2) is 29.3 Å². The van der Waals surface area contributed by atoms with Crippen LogP contribution in [0.2, 0.25) is 0 Å². The lowest BCUT2D eigenvalue weighted by Gasteiger charge is -2.35. The molecule has 25 heavy (non-hydrogen) atoms. The van der Waals surface area contributed by atoms with Gasteiger partial charge in [-0.2, -0.15) is 0 Å². The maximum absolute atomic E-state index is 12.5. The van der Waals surface area contributed by atoms with Crippen molar-refractivity contribution in [2.75, 3.05) is 13.1 Å². The molecule has 0 aromatic heterocycles. The Hall–Kier alpha value is -2.57. The summed E-state index contributed by atoms with van der Waals surface area (Å²) in [7, 11) is 0. The third-order valence-corrected chi connectivity index (χ3v) is 5.10. The van der Waals surface area contributed by atoms with Gasteiger partial charge in [-0.1, -0.05) is 31.2 Å². The fraction of sp³-hybridized carbons (Fsp3) is 0.500. The lowest BCUT2D eigenvalue weighted by atomic mass is 9.88. The molecule has 2 heterocycles. The Morgan fingerprint density at radius 3 is 2.52 bits per heavy atom. The fourth-order valence-corrected chi connectivity index (χ4v) is 3.36. The van der Waals surface area contributed by atoms with Gasteiger partial charge in [0.05, 0.1) is 6.04 Å². The van der Waals surface area contributed by atoms with Crippen LogP contribution in [-0.2, 0) is 11.2 Å². The number of benzene rings is 1. The molecule has 134 valence electrons. The van der Waals surface area contributed by atoms with E-state index in [2.05, 4.69) is 46.8 Å². The predicted octanol–water partition coefficient (Wildman–Crippen LogP) is 1.30. The fourth-order valence-electron chi connectivity index (χ4n) is 3.36. The van der Waals surface area contributed by atoms with E-state index in [0.29, 0.717) is 25.9 Å². The van der Waals surface area contributed by atoms with E-state index in [0.717, 1.165) is 12.0 Å². The lowest BCUT2D eigenvalue weighted by Crippen LogP contribution is -2.52. The van der Waals surface area contributed by atoms with Crippen molar-refractivity contribution >= 4 is 17.9 Å². The smallest absolute Gasteiger partial charge is 0.317 e. The summed E-state index contributed by atoms with van der Waals surface area (Å²) >= 11 is 0. The molecular formula is C18H25N5O2. The molecule has 7 heteroatoms. The largest absolute Gasteiger partial charge is 0.370 e. The molecule has 3 rings (SSSR count). The minimum absolute atomic E-state index is 0.0715. The van der Waals surface area contributed by atoms with Gasteiger partial charge in [0.1, 0.15) is 5.54 Å². The minimum atomic E-state index is -0.789. The molecule has 0 saturated carbocycles. The van der Waals surface area contributed by atoms with Gasteiger partial charge in [0.15, 0.2) is 5.96 Å². The van der Waals surface area contributed by atoms with Crippen molar-refractivity contribution < 1.29 is 9.59 Å². The number of hydrogen-bond donors (Lipinski definition) is 3. The molecule has 1 atom stereocenters. The lowest BCUT2D eigenvalue weighted by molar-refractivity contribution is -0.125. The van der Waals surface area contributed by atoms with E-state index in [1.807, 2.05) is 6.92 Å². The van der Waals surface area contributed by atoms with E-state index in [4.69, 9.17) is 5.73 Å². The van der Waals surface area contributed by atoms with Crippen LogP contribution in [-0.4, -0.2) is 41.4 Å². The van der Waals surface area contributed by atoms with Gasteiger partial charge in [0.2, 0.25) is 0 Å². The number of carbonyl (C=O) groups excluding carboxylic acids is 2. The molecule has 1 fully saturated rings. The highest BCUT2D eigenvalue weighted by atomic mass is 16.2. The summed E-state index contributed by atoms with van der Waals surface area (Å²) in [5.74, 6) is 0.0153. The first-order valence-electron chi connectivity index (χ1n) is 8.74. The van der Waals surface area contributed by atoms with Gasteiger partial charge in [-0.25, -0.2) is 9.79 Å². The van der Waals surface area contributed by atoms with Gasteiger partial charge in [-0.15, -0.1) is 0 Å². The summed E-state index contributed by atoms with van der Waals surface area (Å²) in [4.78, 5) is 30.5. The number of guanidine groups is 1. The summed E-state index contributed by atoms with van der Waals surface area (Å²) < 4.78 is 0. The SMILES string of the molecule is CCc1ccc([C@H](C)NC(=O)N2CCC3(CC2)N=C(N)NC3=O)cc1. The van der Waals surface area contributed by atoms with Crippen molar-refractivity contribution in [2.45, 2.75) is 44.7 Å². The van der Waals surface area contributed by atoms with Crippen LogP contribution in [0, 0.1) is 0 Å². The third kappa shape index (κ3) is 3.45. The number of hydrogen-bond acceptors (Lipinski definition) is 4. The van der Waals surface area contributed by atoms with Gasteiger partial charge in [-0.3, -0.25) is 10.1 Å². The number of amides is 3. The van der Waals surface area contributed by atoms with Crippen LogP contribution in [0.3, 0.4) is 0 Å². The molecule has 0 aliphatic carbocycles. The zero-order chi connectivity index (χ0) is 18.0. The molecule has 0 radical (unpaired) electrons. The molecule has 4 N–H and O–H groups in total. The Morgan fingerprint density at radius 2 is 2.00 bits per heavy atom. The summed E-state index contributed by atoms with van der Waals surface area (Å²) in [6, 6.07) is 8.09. The van der Waals surface area contributed by atoms with E-state index in [-0.39, 0.29) is 23.9 Å². The average molecular weight is 343 g/mol. The van der Waals surface area contributed by atoms with Gasteiger partial charge in [0.25, 0.3) is 5.91 Å². The number of urea groups is 1. The van der Waals surface area contributed by atoms with Crippen LogP contribution in [0.1, 0.15) is 43.9 Å². The maximum Gasteiger partial charge on any atom is 0.317 e. The standard InChI is InChI=1S/C18H25N5O2/c1-3-13-4-6-14(7-5-13)12(2)20-17(25)23-10-8-18(9-11-23)15(24)21-16(19)22-18/h4-7,12H,3,8-11H2,1-2H3,(H,20,25)(H3,19,21,22,24)/t12-/m0/s1. The summed E-state index contributed by atoms with van der Waals surface area (Å²) in [6.45, 7) is 5.06. The van der Waals surface area contributed by atoms with Crippen molar-refractivity contribution in [3.8, 4) is 0 Å². The quantitative estimate of drug-likeness (QED) is 0.771. The highest BCUT2D eigenvalue weighted by Crippen LogP contribution is 2.29. The average Bonchev–Trinajstić information content (AvgIpc) is 2.88. The predicted molar refractivity (Wildman–Crippen MR) is 96.1 cm³/mol. The zero-order valence-electron chi connectivity index (χ0n) is 14.7. The van der Waals surface area contributed by atoms with Crippen molar-refractivity contribution in [3.63, 3.8) is 0 Å². The number of aliphatic imine (C=N–C) groups is 1. The molecule has 2 aliphatic heterocycles. The second-order valence-corrected chi connectivity index (χ2v) is 6.74. The van der Waals surface area contributed by atoms with Gasteiger partial charge < -0.3 is 16.0 Å². The molecule has 0 bridgehead atoms. The summed E-state index contributed by atoms with van der Waals surface area (Å²) in [5.41, 5.74) is 7.16. The molecule has 7 nitrogen and oxygen atoms in total. The normalized spacial score (nSPS) is 20.2. The van der Waals surface area contributed by atoms with Gasteiger partial charge in [-0.05, 0) is 37.3 Å². The number of nitrogens with two attached hydrogens (primary N) is 1. The van der Waals surface area contributed by atoms with Crippen LogP contribution in [0.25, 0.3) is 0 Å². The molecule has 2 aliphatic rings. The minimum Gasteiger partial charge on any atom is -0.370 e. The molecular weight excluding hydrogens is 318 g/mol. The monoisotopic (exact) mass is 343 g/mol. The van der Waals surface area contributed by atoms with E-state index in [1.54, 1.807) is 4.90 Å². The topological polar surface area (TPSA) is 99.8 Å². The first-order valence-corrected chi connectivity index (χ1v) is 8.74. The molecule has 1 aromatic rings. The van der Waals surface area contributed by atoms with Crippen LogP contribution in [0.4, 0.5) is 4.79 Å². The van der Waals surface area contributed by atoms with Crippen molar-refractivity contribution in [2.24, 2.45) is 10.7 Å². The van der Waals surface area contributed by atoms with Crippen molar-refractivity contribution in [1.29, 1.82) is 0 Å². The van der Waals surface area contributed by atoms with E-state index >= 15 is 0 Å². The molecule has 3 amide bonds. The van der Waals surface area contributed by atoms with E-state index in [1.165, 1.54) is 5.56 Å². The second-order valence-electron chi connectivity index (χ2n) is 6.74. The number of rotatable bonds is 3. The van der Waals surface area contributed by atoms with Crippen LogP contribution < -0.4 is 16.4 Å². The third-order valence-electron chi connectivity index (χ3n) is 5.10. The number of nitrogens with zero attached hydrogens (tertiary/aromatic N) is 2. The summed E-state index contributed by atoms with van der Waals surface area (Å²) in [6.07, 6.45) is 1.98.